The van der Waals surface area contributed by atoms with Gasteiger partial charge in [0.1, 0.15) is 23.2 Å². The van der Waals surface area contributed by atoms with Crippen LogP contribution in [0.5, 0.6) is 0 Å². The van der Waals surface area contributed by atoms with Gasteiger partial charge in [0.2, 0.25) is 5.43 Å². The monoisotopic (exact) mass is 381 g/mol. The normalized spacial score (nSPS) is 25.0. The highest BCUT2D eigenvalue weighted by molar-refractivity contribution is 5.94. The Labute approximate surface area is 152 Å². The number of benzene rings is 1. The zero-order valence-electron chi connectivity index (χ0n) is 14.5. The third kappa shape index (κ3) is 2.86. The molecule has 6 nitrogen and oxygen atoms in total. The number of nitrogens with one attached hydrogen (secondary N) is 1. The summed E-state index contributed by atoms with van der Waals surface area (Å²) in [7, 11) is 0. The van der Waals surface area contributed by atoms with E-state index in [4.69, 9.17) is 0 Å². The molecule has 0 spiro atoms. The van der Waals surface area contributed by atoms with E-state index in [9.17, 15) is 23.5 Å². The summed E-state index contributed by atoms with van der Waals surface area (Å²) in [5, 5.41) is 12.0. The number of pyridine rings is 1. The second-order valence-corrected chi connectivity index (χ2v) is 7.12. The summed E-state index contributed by atoms with van der Waals surface area (Å²) in [5.41, 5.74) is -2.15. The summed E-state index contributed by atoms with van der Waals surface area (Å²) in [5.74, 6) is -3.42. The van der Waals surface area contributed by atoms with Crippen LogP contribution in [0.3, 0.4) is 0 Å². The predicted octanol–water partition coefficient (Wildman–Crippen LogP) is 2.06. The van der Waals surface area contributed by atoms with E-state index in [1.165, 1.54) is 0 Å². The maximum Gasteiger partial charge on any atom is 0.341 e. The van der Waals surface area contributed by atoms with Gasteiger partial charge in [-0.15, -0.1) is 0 Å². The van der Waals surface area contributed by atoms with E-state index in [0.717, 1.165) is 16.8 Å². The molecule has 1 aromatic carbocycles. The van der Waals surface area contributed by atoms with Crippen LogP contribution < -0.4 is 15.6 Å². The third-order valence-corrected chi connectivity index (χ3v) is 5.14. The zero-order valence-corrected chi connectivity index (χ0v) is 14.5. The van der Waals surface area contributed by atoms with Crippen molar-refractivity contribution < 1.29 is 23.1 Å². The standard InChI is InChI=1S/C18H18F3N3O3/c1-8-6-23(3-2-22-8)16-12(20)4-9-15(14(16)21)24(13-5-11(13)19)7-10(17(9)25)18(26)27/h4,7-8,11,13,22H,2-3,5-6H2,1H3,(H,26,27)/t8-,11-,13-/m1/s1. The highest BCUT2D eigenvalue weighted by Crippen LogP contribution is 2.42. The van der Waals surface area contributed by atoms with Crippen LogP contribution >= 0.6 is 0 Å². The van der Waals surface area contributed by atoms with Crippen LogP contribution in [0.25, 0.3) is 10.9 Å². The minimum absolute atomic E-state index is 0.0171. The van der Waals surface area contributed by atoms with E-state index in [0.29, 0.717) is 19.6 Å². The summed E-state index contributed by atoms with van der Waals surface area (Å²) < 4.78 is 45.0. The minimum atomic E-state index is -1.52. The average molecular weight is 381 g/mol. The highest BCUT2D eigenvalue weighted by Gasteiger charge is 2.41. The van der Waals surface area contributed by atoms with Crippen LogP contribution in [0.4, 0.5) is 18.9 Å². The number of halogens is 3. The second-order valence-electron chi connectivity index (χ2n) is 7.12. The molecule has 0 radical (unpaired) electrons. The number of rotatable bonds is 3. The molecule has 2 aromatic rings. The van der Waals surface area contributed by atoms with Gasteiger partial charge in [0.05, 0.1) is 16.9 Å². The lowest BCUT2D eigenvalue weighted by Crippen LogP contribution is -2.49. The topological polar surface area (TPSA) is 74.6 Å². The van der Waals surface area contributed by atoms with Crippen molar-refractivity contribution in [3.8, 4) is 0 Å². The van der Waals surface area contributed by atoms with Gasteiger partial charge in [0, 0.05) is 38.3 Å². The molecule has 27 heavy (non-hydrogen) atoms. The molecule has 2 aliphatic rings. The first-order valence-electron chi connectivity index (χ1n) is 8.72. The molecule has 0 bridgehead atoms. The number of piperazine rings is 1. The molecule has 1 aliphatic carbocycles. The number of alkyl halides is 1. The number of carboxylic acids is 1. The van der Waals surface area contributed by atoms with Crippen LogP contribution in [-0.2, 0) is 0 Å². The number of fused-ring (bicyclic) bond motifs is 1. The first-order chi connectivity index (χ1) is 12.8. The van der Waals surface area contributed by atoms with Gasteiger partial charge in [0.25, 0.3) is 0 Å². The number of hydrogen-bond acceptors (Lipinski definition) is 4. The smallest absolute Gasteiger partial charge is 0.341 e. The van der Waals surface area contributed by atoms with Gasteiger partial charge in [-0.2, -0.15) is 0 Å². The Morgan fingerprint density at radius 3 is 2.67 bits per heavy atom. The van der Waals surface area contributed by atoms with Crippen LogP contribution in [0.1, 0.15) is 29.7 Å². The van der Waals surface area contributed by atoms with Crippen molar-refractivity contribution in [3.63, 3.8) is 0 Å². The lowest BCUT2D eigenvalue weighted by Gasteiger charge is -2.34. The average Bonchev–Trinajstić information content (AvgIpc) is 3.32. The van der Waals surface area contributed by atoms with Gasteiger partial charge in [-0.1, -0.05) is 0 Å². The van der Waals surface area contributed by atoms with Crippen molar-refractivity contribution >= 4 is 22.6 Å². The Morgan fingerprint density at radius 2 is 2.07 bits per heavy atom. The lowest BCUT2D eigenvalue weighted by atomic mass is 10.1. The molecule has 2 N–H and O–H groups in total. The molecule has 1 aromatic heterocycles. The molecule has 0 unspecified atom stereocenters. The zero-order chi connectivity index (χ0) is 19.5. The fraction of sp³-hybridized carbons (Fsp3) is 0.444. The van der Waals surface area contributed by atoms with Crippen molar-refractivity contribution in [1.82, 2.24) is 9.88 Å². The number of hydrogen-bond donors (Lipinski definition) is 2. The van der Waals surface area contributed by atoms with Gasteiger partial charge in [-0.25, -0.2) is 18.0 Å². The van der Waals surface area contributed by atoms with Crippen molar-refractivity contribution in [1.29, 1.82) is 0 Å². The molecule has 3 atom stereocenters. The molecule has 4 rings (SSSR count). The number of nitrogens with zero attached hydrogens (tertiary/aromatic N) is 2. The lowest BCUT2D eigenvalue weighted by molar-refractivity contribution is 0.0694. The van der Waals surface area contributed by atoms with Gasteiger partial charge in [-0.3, -0.25) is 4.79 Å². The van der Waals surface area contributed by atoms with Crippen molar-refractivity contribution in [2.75, 3.05) is 24.5 Å². The minimum Gasteiger partial charge on any atom is -0.477 e. The number of aromatic carboxylic acids is 1. The van der Waals surface area contributed by atoms with E-state index in [1.807, 2.05) is 6.92 Å². The Morgan fingerprint density at radius 1 is 1.37 bits per heavy atom. The largest absolute Gasteiger partial charge is 0.477 e. The van der Waals surface area contributed by atoms with E-state index in [1.54, 1.807) is 4.90 Å². The summed E-state index contributed by atoms with van der Waals surface area (Å²) in [4.78, 5) is 25.3. The van der Waals surface area contributed by atoms with Crippen molar-refractivity contribution in [2.24, 2.45) is 0 Å². The number of carboxylic acid groups (broad SMARTS) is 1. The van der Waals surface area contributed by atoms with E-state index >= 15 is 4.39 Å². The Hall–Kier alpha value is -2.55. The van der Waals surface area contributed by atoms with E-state index in [2.05, 4.69) is 5.32 Å². The van der Waals surface area contributed by atoms with Crippen molar-refractivity contribution in [3.05, 3.63) is 39.7 Å². The van der Waals surface area contributed by atoms with Crippen molar-refractivity contribution in [2.45, 2.75) is 31.6 Å². The molecule has 2 fully saturated rings. The molecular formula is C18H18F3N3O3. The van der Waals surface area contributed by atoms with Gasteiger partial charge in [-0.05, 0) is 13.0 Å². The summed E-state index contributed by atoms with van der Waals surface area (Å²) in [6.45, 7) is 3.16. The number of aromatic nitrogens is 1. The molecule has 2 heterocycles. The fourth-order valence-corrected chi connectivity index (χ4v) is 3.71. The molecular weight excluding hydrogens is 363 g/mol. The van der Waals surface area contributed by atoms with Crippen LogP contribution in [0.2, 0.25) is 0 Å². The van der Waals surface area contributed by atoms with Gasteiger partial charge >= 0.3 is 5.97 Å². The summed E-state index contributed by atoms with van der Waals surface area (Å²) in [6, 6.07) is 0.117. The van der Waals surface area contributed by atoms with Gasteiger partial charge in [0.15, 0.2) is 5.82 Å². The SMILES string of the molecule is C[C@@H]1CN(c2c(F)cc3c(=O)c(C(=O)O)cn([C@@H]4C[C@H]4F)c3c2F)CCN1. The fourth-order valence-electron chi connectivity index (χ4n) is 3.71. The predicted molar refractivity (Wildman–Crippen MR) is 93.3 cm³/mol. The number of anilines is 1. The van der Waals surface area contributed by atoms with E-state index in [-0.39, 0.29) is 23.7 Å². The first kappa shape index (κ1) is 17.8. The first-order valence-corrected chi connectivity index (χ1v) is 8.72. The molecule has 0 amide bonds. The molecule has 9 heteroatoms. The quantitative estimate of drug-likeness (QED) is 0.852. The molecule has 144 valence electrons. The Kier molecular flexibility index (Phi) is 4.14. The summed E-state index contributed by atoms with van der Waals surface area (Å²) >= 11 is 0. The van der Waals surface area contributed by atoms with Crippen LogP contribution in [0, 0.1) is 11.6 Å². The molecule has 1 aliphatic heterocycles. The van der Waals surface area contributed by atoms with Gasteiger partial charge < -0.3 is 19.9 Å². The van der Waals surface area contributed by atoms with E-state index < -0.39 is 46.2 Å². The summed E-state index contributed by atoms with van der Waals surface area (Å²) in [6.07, 6.45) is -0.208. The second kappa shape index (κ2) is 6.26. The van der Waals surface area contributed by atoms with Crippen LogP contribution in [0.15, 0.2) is 17.1 Å². The third-order valence-electron chi connectivity index (χ3n) is 5.14. The molecule has 1 saturated heterocycles. The maximum atomic E-state index is 15.4. The maximum absolute atomic E-state index is 15.4. The number of carbonyl (C=O) groups is 1. The Balaban J connectivity index is 2.00. The Bertz CT molecular complexity index is 1010. The highest BCUT2D eigenvalue weighted by atomic mass is 19.1. The molecule has 1 saturated carbocycles. The van der Waals surface area contributed by atoms with Crippen LogP contribution in [-0.4, -0.2) is 47.5 Å².